The number of halogens is 2. The minimum atomic E-state index is -2.91. The number of carbonyl (C=O) groups is 1. The Labute approximate surface area is 170 Å². The molecule has 1 saturated heterocycles. The molecule has 2 heterocycles. The second-order valence-corrected chi connectivity index (χ2v) is 7.31. The van der Waals surface area contributed by atoms with Crippen LogP contribution in [0.5, 0.6) is 5.75 Å². The number of ether oxygens (including phenoxy) is 2. The Morgan fingerprint density at radius 1 is 1.17 bits per heavy atom. The molecular weight excluding hydrogens is 398 g/mol. The maximum Gasteiger partial charge on any atom is 0.387 e. The zero-order valence-corrected chi connectivity index (χ0v) is 16.1. The number of carbonyl (C=O) groups excluding carboxylic acids is 1. The van der Waals surface area contributed by atoms with Gasteiger partial charge >= 0.3 is 6.61 Å². The van der Waals surface area contributed by atoms with Crippen molar-refractivity contribution in [2.24, 2.45) is 0 Å². The molecule has 0 bridgehead atoms. The Kier molecular flexibility index (Phi) is 5.82. The minimum absolute atomic E-state index is 0.0497. The van der Waals surface area contributed by atoms with E-state index in [-0.39, 0.29) is 17.8 Å². The van der Waals surface area contributed by atoms with Gasteiger partial charge in [-0.15, -0.1) is 11.3 Å². The third-order valence-corrected chi connectivity index (χ3v) is 5.49. The van der Waals surface area contributed by atoms with Gasteiger partial charge in [0.2, 0.25) is 0 Å². The summed E-state index contributed by atoms with van der Waals surface area (Å²) in [5.74, 6) is 0.0242. The van der Waals surface area contributed by atoms with Gasteiger partial charge in [-0.05, 0) is 24.3 Å². The summed E-state index contributed by atoms with van der Waals surface area (Å²) in [6.45, 7) is -1.61. The lowest BCUT2D eigenvalue weighted by Crippen LogP contribution is -2.42. The highest BCUT2D eigenvalue weighted by atomic mass is 32.1. The minimum Gasteiger partial charge on any atom is -0.434 e. The summed E-state index contributed by atoms with van der Waals surface area (Å²) in [6, 6.07) is 15.6. The van der Waals surface area contributed by atoms with Gasteiger partial charge in [-0.25, -0.2) is 4.98 Å². The molecule has 5 nitrogen and oxygen atoms in total. The van der Waals surface area contributed by atoms with Crippen molar-refractivity contribution in [1.29, 1.82) is 0 Å². The van der Waals surface area contributed by atoms with Gasteiger partial charge in [0.15, 0.2) is 0 Å². The Balaban J connectivity index is 1.52. The molecule has 1 atom stereocenters. The SMILES string of the molecule is O=C(c1ccccc1)N1CCO[C@@H](c2nc(-c3ccccc3OC(F)F)cs2)C1. The van der Waals surface area contributed by atoms with Gasteiger partial charge in [0.1, 0.15) is 16.9 Å². The number of para-hydroxylation sites is 1. The summed E-state index contributed by atoms with van der Waals surface area (Å²) in [7, 11) is 0. The van der Waals surface area contributed by atoms with E-state index < -0.39 is 6.61 Å². The average molecular weight is 416 g/mol. The van der Waals surface area contributed by atoms with E-state index in [1.807, 2.05) is 18.2 Å². The maximum absolute atomic E-state index is 12.7. The van der Waals surface area contributed by atoms with Gasteiger partial charge in [-0.3, -0.25) is 4.79 Å². The molecule has 150 valence electrons. The van der Waals surface area contributed by atoms with Crippen LogP contribution in [0, 0.1) is 0 Å². The number of morpholine rings is 1. The third-order valence-electron chi connectivity index (χ3n) is 4.55. The summed E-state index contributed by atoms with van der Waals surface area (Å²) in [5, 5.41) is 2.47. The summed E-state index contributed by atoms with van der Waals surface area (Å²) in [5.41, 5.74) is 1.66. The van der Waals surface area contributed by atoms with Crippen LogP contribution in [0.15, 0.2) is 60.0 Å². The van der Waals surface area contributed by atoms with E-state index >= 15 is 0 Å². The first-order valence-corrected chi connectivity index (χ1v) is 9.95. The number of benzene rings is 2. The smallest absolute Gasteiger partial charge is 0.387 e. The first-order valence-electron chi connectivity index (χ1n) is 9.07. The standard InChI is InChI=1S/C21H18F2N2O3S/c22-21(23)28-17-9-5-4-8-15(17)16-13-29-19(24-16)18-12-25(10-11-27-18)20(26)14-6-2-1-3-7-14/h1-9,13,18,21H,10-12H2/t18-/m1/s1. The van der Waals surface area contributed by atoms with Crippen LogP contribution in [-0.4, -0.2) is 42.1 Å². The lowest BCUT2D eigenvalue weighted by Gasteiger charge is -2.32. The highest BCUT2D eigenvalue weighted by Crippen LogP contribution is 2.34. The molecule has 1 aromatic heterocycles. The molecule has 29 heavy (non-hydrogen) atoms. The van der Waals surface area contributed by atoms with Crippen molar-refractivity contribution in [3.05, 3.63) is 70.5 Å². The third kappa shape index (κ3) is 4.44. The molecule has 0 saturated carbocycles. The van der Waals surface area contributed by atoms with E-state index in [0.717, 1.165) is 0 Å². The molecule has 1 aliphatic rings. The molecule has 0 unspecified atom stereocenters. The van der Waals surface area contributed by atoms with Crippen LogP contribution >= 0.6 is 11.3 Å². The highest BCUT2D eigenvalue weighted by Gasteiger charge is 2.28. The van der Waals surface area contributed by atoms with Crippen LogP contribution in [0.3, 0.4) is 0 Å². The molecule has 0 aliphatic carbocycles. The number of amides is 1. The fourth-order valence-electron chi connectivity index (χ4n) is 3.18. The van der Waals surface area contributed by atoms with E-state index in [9.17, 15) is 13.6 Å². The quantitative estimate of drug-likeness (QED) is 0.609. The predicted octanol–water partition coefficient (Wildman–Crippen LogP) is 4.63. The number of hydrogen-bond donors (Lipinski definition) is 0. The van der Waals surface area contributed by atoms with Gasteiger partial charge < -0.3 is 14.4 Å². The Bertz CT molecular complexity index is 981. The topological polar surface area (TPSA) is 51.7 Å². The summed E-state index contributed by atoms with van der Waals surface area (Å²) >= 11 is 1.37. The molecular formula is C21H18F2N2O3S. The lowest BCUT2D eigenvalue weighted by molar-refractivity contribution is -0.0494. The van der Waals surface area contributed by atoms with Gasteiger partial charge in [-0.2, -0.15) is 8.78 Å². The molecule has 3 aromatic rings. The van der Waals surface area contributed by atoms with E-state index in [0.29, 0.717) is 41.5 Å². The number of thiazole rings is 1. The summed E-state index contributed by atoms with van der Waals surface area (Å²) < 4.78 is 35.8. The van der Waals surface area contributed by atoms with Crippen molar-refractivity contribution < 1.29 is 23.0 Å². The van der Waals surface area contributed by atoms with Crippen LogP contribution in [0.25, 0.3) is 11.3 Å². The normalized spacial score (nSPS) is 16.8. The van der Waals surface area contributed by atoms with E-state index in [1.54, 1.807) is 40.6 Å². The average Bonchev–Trinajstić information content (AvgIpc) is 3.24. The van der Waals surface area contributed by atoms with Crippen molar-refractivity contribution in [3.8, 4) is 17.0 Å². The molecule has 0 radical (unpaired) electrons. The zero-order valence-electron chi connectivity index (χ0n) is 15.3. The van der Waals surface area contributed by atoms with Crippen LogP contribution in [0.2, 0.25) is 0 Å². The largest absolute Gasteiger partial charge is 0.434 e. The molecule has 4 rings (SSSR count). The van der Waals surface area contributed by atoms with Crippen molar-refractivity contribution >= 4 is 17.2 Å². The first kappa shape index (κ1) is 19.5. The summed E-state index contributed by atoms with van der Waals surface area (Å²) in [6.07, 6.45) is -0.363. The van der Waals surface area contributed by atoms with Crippen LogP contribution in [-0.2, 0) is 4.74 Å². The van der Waals surface area contributed by atoms with Crippen LogP contribution in [0.4, 0.5) is 8.78 Å². The van der Waals surface area contributed by atoms with Gasteiger partial charge in [0, 0.05) is 23.1 Å². The molecule has 0 N–H and O–H groups in total. The lowest BCUT2D eigenvalue weighted by atomic mass is 10.1. The number of aromatic nitrogens is 1. The fraction of sp³-hybridized carbons (Fsp3) is 0.238. The predicted molar refractivity (Wildman–Crippen MR) is 105 cm³/mol. The Morgan fingerprint density at radius 3 is 2.72 bits per heavy atom. The monoisotopic (exact) mass is 416 g/mol. The Hall–Kier alpha value is -2.84. The molecule has 2 aromatic carbocycles. The van der Waals surface area contributed by atoms with Crippen molar-refractivity contribution in [3.63, 3.8) is 0 Å². The molecule has 1 aliphatic heterocycles. The first-order chi connectivity index (χ1) is 14.1. The van der Waals surface area contributed by atoms with Crippen LogP contribution in [0.1, 0.15) is 21.5 Å². The summed E-state index contributed by atoms with van der Waals surface area (Å²) in [4.78, 5) is 19.0. The molecule has 1 amide bonds. The van der Waals surface area contributed by atoms with Gasteiger partial charge in [0.25, 0.3) is 5.91 Å². The molecule has 1 fully saturated rings. The van der Waals surface area contributed by atoms with Crippen molar-refractivity contribution in [2.45, 2.75) is 12.7 Å². The second kappa shape index (κ2) is 8.67. The van der Waals surface area contributed by atoms with Gasteiger partial charge in [0.05, 0.1) is 18.8 Å². The van der Waals surface area contributed by atoms with E-state index in [4.69, 9.17) is 4.74 Å². The Morgan fingerprint density at radius 2 is 1.93 bits per heavy atom. The van der Waals surface area contributed by atoms with Crippen molar-refractivity contribution in [2.75, 3.05) is 19.7 Å². The van der Waals surface area contributed by atoms with Crippen LogP contribution < -0.4 is 4.74 Å². The highest BCUT2D eigenvalue weighted by molar-refractivity contribution is 7.10. The van der Waals surface area contributed by atoms with E-state index in [1.165, 1.54) is 17.4 Å². The second-order valence-electron chi connectivity index (χ2n) is 6.42. The number of nitrogens with zero attached hydrogens (tertiary/aromatic N) is 2. The molecule has 8 heteroatoms. The number of hydrogen-bond acceptors (Lipinski definition) is 5. The number of rotatable bonds is 5. The molecule has 0 spiro atoms. The van der Waals surface area contributed by atoms with Gasteiger partial charge in [-0.1, -0.05) is 30.3 Å². The zero-order chi connectivity index (χ0) is 20.2. The number of alkyl halides is 2. The maximum atomic E-state index is 12.7. The fourth-order valence-corrected chi connectivity index (χ4v) is 4.04. The van der Waals surface area contributed by atoms with Crippen molar-refractivity contribution in [1.82, 2.24) is 9.88 Å². The van der Waals surface area contributed by atoms with E-state index in [2.05, 4.69) is 9.72 Å².